The molecule has 0 bridgehead atoms. The minimum Gasteiger partial charge on any atom is -0.493 e. The standard InChI is InChI=1S/C22H25NO4/c24-20(10-4-5-11-21(25)26)23-22(16-7-2-1-3-8-16)18-12-13-19-17(15-18)9-6-14-27-19/h1-3,7-8,12-13,15,22H,4-6,9-11,14H2,(H,23,24)(H,25,26). The summed E-state index contributed by atoms with van der Waals surface area (Å²) in [4.78, 5) is 23.0. The zero-order valence-electron chi connectivity index (χ0n) is 15.3. The highest BCUT2D eigenvalue weighted by Gasteiger charge is 2.19. The Hall–Kier alpha value is -2.82. The first-order valence-corrected chi connectivity index (χ1v) is 9.45. The van der Waals surface area contributed by atoms with Gasteiger partial charge < -0.3 is 15.2 Å². The van der Waals surface area contributed by atoms with E-state index in [-0.39, 0.29) is 18.4 Å². The molecule has 2 N–H and O–H groups in total. The number of ether oxygens (including phenoxy) is 1. The normalized spacial score (nSPS) is 13.9. The quantitative estimate of drug-likeness (QED) is 0.695. The topological polar surface area (TPSA) is 75.6 Å². The van der Waals surface area contributed by atoms with Crippen LogP contribution in [0.2, 0.25) is 0 Å². The number of carboxylic acid groups (broad SMARTS) is 1. The van der Waals surface area contributed by atoms with Crippen molar-refractivity contribution in [2.24, 2.45) is 0 Å². The Bertz CT molecular complexity index is 788. The highest BCUT2D eigenvalue weighted by molar-refractivity contribution is 5.77. The third-order valence-electron chi connectivity index (χ3n) is 4.75. The van der Waals surface area contributed by atoms with E-state index in [9.17, 15) is 9.59 Å². The number of unbranched alkanes of at least 4 members (excludes halogenated alkanes) is 1. The molecule has 0 spiro atoms. The highest BCUT2D eigenvalue weighted by Crippen LogP contribution is 2.30. The number of fused-ring (bicyclic) bond motifs is 1. The van der Waals surface area contributed by atoms with Gasteiger partial charge in [-0.1, -0.05) is 36.4 Å². The molecule has 1 aliphatic heterocycles. The first-order chi connectivity index (χ1) is 13.1. The number of hydrogen-bond donors (Lipinski definition) is 2. The second-order valence-corrected chi connectivity index (χ2v) is 6.83. The molecule has 1 aliphatic rings. The van der Waals surface area contributed by atoms with Crippen molar-refractivity contribution in [2.75, 3.05) is 6.61 Å². The van der Waals surface area contributed by atoms with Crippen molar-refractivity contribution in [1.29, 1.82) is 0 Å². The zero-order valence-corrected chi connectivity index (χ0v) is 15.3. The van der Waals surface area contributed by atoms with Gasteiger partial charge in [0.15, 0.2) is 0 Å². The Balaban J connectivity index is 1.74. The van der Waals surface area contributed by atoms with Gasteiger partial charge in [0.25, 0.3) is 0 Å². The first-order valence-electron chi connectivity index (χ1n) is 9.45. The second kappa shape index (κ2) is 9.21. The molecule has 0 fully saturated rings. The van der Waals surface area contributed by atoms with E-state index in [1.807, 2.05) is 42.5 Å². The summed E-state index contributed by atoms with van der Waals surface area (Å²) in [6.45, 7) is 0.752. The first kappa shape index (κ1) is 19.0. The average Bonchev–Trinajstić information content (AvgIpc) is 2.69. The van der Waals surface area contributed by atoms with Crippen molar-refractivity contribution >= 4 is 11.9 Å². The summed E-state index contributed by atoms with van der Waals surface area (Å²) in [6.07, 6.45) is 3.48. The number of hydrogen-bond acceptors (Lipinski definition) is 3. The molecule has 1 heterocycles. The summed E-state index contributed by atoms with van der Waals surface area (Å²) in [7, 11) is 0. The summed E-state index contributed by atoms with van der Waals surface area (Å²) in [5, 5.41) is 11.8. The smallest absolute Gasteiger partial charge is 0.303 e. The van der Waals surface area contributed by atoms with Crippen molar-refractivity contribution in [2.45, 2.75) is 44.6 Å². The van der Waals surface area contributed by atoms with Crippen LogP contribution in [0, 0.1) is 0 Å². The molecule has 5 heteroatoms. The number of carboxylic acids is 1. The predicted octanol–water partition coefficient (Wildman–Crippen LogP) is 3.86. The van der Waals surface area contributed by atoms with Gasteiger partial charge in [0.2, 0.25) is 5.91 Å². The summed E-state index contributed by atoms with van der Waals surface area (Å²) >= 11 is 0. The van der Waals surface area contributed by atoms with Crippen LogP contribution in [0.15, 0.2) is 48.5 Å². The van der Waals surface area contributed by atoms with E-state index in [4.69, 9.17) is 9.84 Å². The molecule has 0 aliphatic carbocycles. The Kier molecular flexibility index (Phi) is 6.47. The van der Waals surface area contributed by atoms with Gasteiger partial charge in [0, 0.05) is 12.8 Å². The predicted molar refractivity (Wildman–Crippen MR) is 103 cm³/mol. The Labute approximate surface area is 159 Å². The maximum Gasteiger partial charge on any atom is 0.303 e. The maximum absolute atomic E-state index is 12.5. The summed E-state index contributed by atoms with van der Waals surface area (Å²) in [5.74, 6) is 0.0360. The minimum absolute atomic E-state index is 0.0665. The molecule has 1 unspecified atom stereocenters. The molecule has 0 radical (unpaired) electrons. The van der Waals surface area contributed by atoms with Crippen LogP contribution in [0.1, 0.15) is 54.8 Å². The van der Waals surface area contributed by atoms with Crippen LogP contribution in [0.3, 0.4) is 0 Å². The summed E-state index contributed by atoms with van der Waals surface area (Å²) < 4.78 is 5.69. The fraction of sp³-hybridized carbons (Fsp3) is 0.364. The Morgan fingerprint density at radius 1 is 1.04 bits per heavy atom. The molecule has 1 atom stereocenters. The number of nitrogens with one attached hydrogen (secondary N) is 1. The fourth-order valence-electron chi connectivity index (χ4n) is 3.36. The van der Waals surface area contributed by atoms with E-state index in [0.717, 1.165) is 36.3 Å². The van der Waals surface area contributed by atoms with E-state index in [2.05, 4.69) is 11.4 Å². The monoisotopic (exact) mass is 367 g/mol. The van der Waals surface area contributed by atoms with E-state index in [1.165, 1.54) is 5.56 Å². The van der Waals surface area contributed by atoms with Crippen LogP contribution >= 0.6 is 0 Å². The molecule has 1 amide bonds. The van der Waals surface area contributed by atoms with Gasteiger partial charge in [0.05, 0.1) is 12.6 Å². The molecule has 142 valence electrons. The van der Waals surface area contributed by atoms with Gasteiger partial charge in [0.1, 0.15) is 5.75 Å². The van der Waals surface area contributed by atoms with Gasteiger partial charge in [-0.05, 0) is 54.5 Å². The molecule has 2 aromatic rings. The number of aryl methyl sites for hydroxylation is 1. The van der Waals surface area contributed by atoms with Crippen LogP contribution in [-0.4, -0.2) is 23.6 Å². The molecule has 0 saturated heterocycles. The van der Waals surface area contributed by atoms with Crippen LogP contribution in [0.25, 0.3) is 0 Å². The fourth-order valence-corrected chi connectivity index (χ4v) is 3.36. The third kappa shape index (κ3) is 5.33. The van der Waals surface area contributed by atoms with Crippen LogP contribution in [0.5, 0.6) is 5.75 Å². The van der Waals surface area contributed by atoms with E-state index in [0.29, 0.717) is 19.3 Å². The third-order valence-corrected chi connectivity index (χ3v) is 4.75. The summed E-state index contributed by atoms with van der Waals surface area (Å²) in [6, 6.07) is 15.8. The molecule has 0 saturated carbocycles. The lowest BCUT2D eigenvalue weighted by molar-refractivity contribution is -0.137. The number of carbonyl (C=O) groups excluding carboxylic acids is 1. The van der Waals surface area contributed by atoms with Gasteiger partial charge in [-0.25, -0.2) is 0 Å². The maximum atomic E-state index is 12.5. The molecule has 3 rings (SSSR count). The van der Waals surface area contributed by atoms with Crippen LogP contribution < -0.4 is 10.1 Å². The molecule has 0 aromatic heterocycles. The molecular formula is C22H25NO4. The van der Waals surface area contributed by atoms with E-state index < -0.39 is 5.97 Å². The number of rotatable bonds is 8. The lowest BCUT2D eigenvalue weighted by atomic mass is 9.94. The molecule has 5 nitrogen and oxygen atoms in total. The number of amides is 1. The van der Waals surface area contributed by atoms with Gasteiger partial charge in [-0.2, -0.15) is 0 Å². The van der Waals surface area contributed by atoms with Crippen LogP contribution in [-0.2, 0) is 16.0 Å². The van der Waals surface area contributed by atoms with Crippen molar-refractivity contribution in [3.63, 3.8) is 0 Å². The van der Waals surface area contributed by atoms with Crippen molar-refractivity contribution in [3.05, 3.63) is 65.2 Å². The van der Waals surface area contributed by atoms with Crippen molar-refractivity contribution < 1.29 is 19.4 Å². The van der Waals surface area contributed by atoms with Gasteiger partial charge in [-0.3, -0.25) is 9.59 Å². The largest absolute Gasteiger partial charge is 0.493 e. The Morgan fingerprint density at radius 2 is 1.81 bits per heavy atom. The molecule has 27 heavy (non-hydrogen) atoms. The second-order valence-electron chi connectivity index (χ2n) is 6.83. The minimum atomic E-state index is -0.825. The van der Waals surface area contributed by atoms with Crippen LogP contribution in [0.4, 0.5) is 0 Å². The van der Waals surface area contributed by atoms with Crippen molar-refractivity contribution in [1.82, 2.24) is 5.32 Å². The van der Waals surface area contributed by atoms with Gasteiger partial charge in [-0.15, -0.1) is 0 Å². The lowest BCUT2D eigenvalue weighted by Gasteiger charge is -2.23. The Morgan fingerprint density at radius 3 is 2.59 bits per heavy atom. The number of aliphatic carboxylic acids is 1. The SMILES string of the molecule is O=C(O)CCCCC(=O)NC(c1ccccc1)c1ccc2c(c1)CCCO2. The highest BCUT2D eigenvalue weighted by atomic mass is 16.5. The number of benzene rings is 2. The zero-order chi connectivity index (χ0) is 19.1. The van der Waals surface area contributed by atoms with Crippen molar-refractivity contribution in [3.8, 4) is 5.75 Å². The van der Waals surface area contributed by atoms with Gasteiger partial charge >= 0.3 is 5.97 Å². The number of carbonyl (C=O) groups is 2. The van der Waals surface area contributed by atoms with E-state index >= 15 is 0 Å². The lowest BCUT2D eigenvalue weighted by Crippen LogP contribution is -2.29. The molecule has 2 aromatic carbocycles. The van der Waals surface area contributed by atoms with E-state index in [1.54, 1.807) is 0 Å². The average molecular weight is 367 g/mol. The summed E-state index contributed by atoms with van der Waals surface area (Å²) in [5.41, 5.74) is 3.23. The molecular weight excluding hydrogens is 342 g/mol.